The third-order valence-corrected chi connectivity index (χ3v) is 7.35. The van der Waals surface area contributed by atoms with Crippen molar-refractivity contribution in [1.29, 1.82) is 0 Å². The Labute approximate surface area is 174 Å². The molecule has 2 amide bonds. The summed E-state index contributed by atoms with van der Waals surface area (Å²) in [6, 6.07) is 8.34. The lowest BCUT2D eigenvalue weighted by Gasteiger charge is -2.13. The molecule has 2 aliphatic rings. The summed E-state index contributed by atoms with van der Waals surface area (Å²) in [6.45, 7) is 1.72. The van der Waals surface area contributed by atoms with E-state index in [-0.39, 0.29) is 22.1 Å². The van der Waals surface area contributed by atoms with Crippen LogP contribution in [0.25, 0.3) is 0 Å². The van der Waals surface area contributed by atoms with Gasteiger partial charge in [0.1, 0.15) is 4.90 Å². The molecule has 4 rings (SSSR count). The van der Waals surface area contributed by atoms with Gasteiger partial charge in [-0.25, -0.2) is 21.1 Å². The highest BCUT2D eigenvalue weighted by molar-refractivity contribution is 7.92. The molecular weight excluding hydrogens is 430 g/mol. The molecule has 1 saturated carbocycles. The molecule has 1 fully saturated rings. The van der Waals surface area contributed by atoms with Gasteiger partial charge in [-0.05, 0) is 55.7 Å². The zero-order chi connectivity index (χ0) is 21.8. The first kappa shape index (κ1) is 20.4. The number of anilines is 2. The van der Waals surface area contributed by atoms with E-state index < -0.39 is 31.9 Å². The fourth-order valence-corrected chi connectivity index (χ4v) is 5.73. The zero-order valence-corrected chi connectivity index (χ0v) is 17.8. The fourth-order valence-electron chi connectivity index (χ4n) is 3.27. The molecule has 30 heavy (non-hydrogen) atoms. The molecule has 2 aromatic carbocycles. The van der Waals surface area contributed by atoms with E-state index in [1.54, 1.807) is 19.1 Å². The van der Waals surface area contributed by atoms with Crippen LogP contribution < -0.4 is 10.0 Å². The van der Waals surface area contributed by atoms with Gasteiger partial charge in [-0.15, -0.1) is 0 Å². The predicted octanol–water partition coefficient (Wildman–Crippen LogP) is 1.93. The highest BCUT2D eigenvalue weighted by atomic mass is 32.2. The Hall–Kier alpha value is -2.92. The third kappa shape index (κ3) is 3.65. The second-order valence-electron chi connectivity index (χ2n) is 7.41. The van der Waals surface area contributed by atoms with Gasteiger partial charge in [0.2, 0.25) is 10.0 Å². The number of amides is 2. The largest absolute Gasteiger partial charge is 0.322 e. The first-order valence-corrected chi connectivity index (χ1v) is 12.4. The Morgan fingerprint density at radius 1 is 1.13 bits per heavy atom. The second kappa shape index (κ2) is 6.81. The van der Waals surface area contributed by atoms with Crippen molar-refractivity contribution in [1.82, 2.24) is 4.31 Å². The molecule has 9 nitrogen and oxygen atoms in total. The summed E-state index contributed by atoms with van der Waals surface area (Å²) < 4.78 is 51.7. The number of benzene rings is 2. The minimum absolute atomic E-state index is 0.0634. The molecule has 0 bridgehead atoms. The Kier molecular flexibility index (Phi) is 4.62. The van der Waals surface area contributed by atoms with Crippen molar-refractivity contribution in [3.05, 3.63) is 53.1 Å². The van der Waals surface area contributed by atoms with Crippen LogP contribution in [-0.4, -0.2) is 45.3 Å². The van der Waals surface area contributed by atoms with Crippen molar-refractivity contribution >= 4 is 43.2 Å². The van der Waals surface area contributed by atoms with Crippen molar-refractivity contribution in [2.24, 2.45) is 0 Å². The lowest BCUT2D eigenvalue weighted by atomic mass is 10.1. The number of nitrogens with zero attached hydrogens (tertiary/aromatic N) is 1. The third-order valence-electron chi connectivity index (χ3n) is 4.88. The number of carbonyl (C=O) groups excluding carboxylic acids is 2. The average molecular weight is 450 g/mol. The molecule has 1 aliphatic carbocycles. The number of hydrogen-bond donors (Lipinski definition) is 2. The van der Waals surface area contributed by atoms with Gasteiger partial charge in [-0.2, -0.15) is 0 Å². The van der Waals surface area contributed by atoms with Crippen molar-refractivity contribution in [3.8, 4) is 0 Å². The molecule has 11 heteroatoms. The first-order chi connectivity index (χ1) is 14.0. The van der Waals surface area contributed by atoms with Gasteiger partial charge >= 0.3 is 0 Å². The molecular formula is C19H19N3O6S2. The van der Waals surface area contributed by atoms with Crippen molar-refractivity contribution in [3.63, 3.8) is 0 Å². The number of carbonyl (C=O) groups is 2. The number of hydrogen-bond acceptors (Lipinski definition) is 6. The van der Waals surface area contributed by atoms with Crippen molar-refractivity contribution in [2.75, 3.05) is 16.3 Å². The van der Waals surface area contributed by atoms with E-state index in [4.69, 9.17) is 0 Å². The predicted molar refractivity (Wildman–Crippen MR) is 110 cm³/mol. The van der Waals surface area contributed by atoms with Gasteiger partial charge in [0.25, 0.3) is 21.8 Å². The van der Waals surface area contributed by atoms with Crippen LogP contribution in [0.1, 0.15) is 39.1 Å². The fraction of sp³-hybridized carbons (Fsp3) is 0.263. The number of aryl methyl sites for hydroxylation is 1. The minimum atomic E-state index is -3.97. The first-order valence-electron chi connectivity index (χ1n) is 9.10. The maximum absolute atomic E-state index is 12.7. The topological polar surface area (TPSA) is 130 Å². The summed E-state index contributed by atoms with van der Waals surface area (Å²) in [6.07, 6.45) is 2.31. The second-order valence-corrected chi connectivity index (χ2v) is 10.9. The Morgan fingerprint density at radius 2 is 1.83 bits per heavy atom. The maximum atomic E-state index is 12.7. The molecule has 1 heterocycles. The maximum Gasteiger partial charge on any atom is 0.269 e. The van der Waals surface area contributed by atoms with Gasteiger partial charge in [0.05, 0.1) is 17.5 Å². The summed E-state index contributed by atoms with van der Waals surface area (Å²) >= 11 is 0. The van der Waals surface area contributed by atoms with Crippen LogP contribution >= 0.6 is 0 Å². The van der Waals surface area contributed by atoms with Gasteiger partial charge < -0.3 is 5.32 Å². The molecule has 0 atom stereocenters. The zero-order valence-electron chi connectivity index (χ0n) is 16.2. The molecule has 2 aromatic rings. The molecule has 158 valence electrons. The van der Waals surface area contributed by atoms with Gasteiger partial charge in [0.15, 0.2) is 0 Å². The summed E-state index contributed by atoms with van der Waals surface area (Å²) in [7, 11) is -7.46. The van der Waals surface area contributed by atoms with Crippen molar-refractivity contribution < 1.29 is 26.4 Å². The summed E-state index contributed by atoms with van der Waals surface area (Å²) in [5.41, 5.74) is 1.45. The molecule has 0 aromatic heterocycles. The Balaban J connectivity index is 1.61. The molecule has 2 N–H and O–H groups in total. The van der Waals surface area contributed by atoms with E-state index in [2.05, 4.69) is 10.0 Å². The van der Waals surface area contributed by atoms with E-state index in [1.165, 1.54) is 24.3 Å². The number of rotatable bonds is 5. The number of sulfonamides is 2. The molecule has 0 saturated heterocycles. The highest BCUT2D eigenvalue weighted by Gasteiger charge is 2.48. The summed E-state index contributed by atoms with van der Waals surface area (Å²) in [5, 5.41) is 2.62. The van der Waals surface area contributed by atoms with E-state index in [9.17, 15) is 26.4 Å². The Morgan fingerprint density at radius 3 is 2.47 bits per heavy atom. The smallest absolute Gasteiger partial charge is 0.269 e. The number of fused-ring (bicyclic) bond motifs is 1. The quantitative estimate of drug-likeness (QED) is 0.717. The van der Waals surface area contributed by atoms with E-state index >= 15 is 0 Å². The minimum Gasteiger partial charge on any atom is -0.322 e. The normalized spacial score (nSPS) is 17.5. The Bertz CT molecular complexity index is 1300. The summed E-state index contributed by atoms with van der Waals surface area (Å²) in [5.74, 6) is -1.14. The van der Waals surface area contributed by atoms with Crippen LogP contribution in [0.4, 0.5) is 11.4 Å². The van der Waals surface area contributed by atoms with E-state index in [0.29, 0.717) is 29.8 Å². The van der Waals surface area contributed by atoms with Crippen LogP contribution in [-0.2, 0) is 20.0 Å². The van der Waals surface area contributed by atoms with Crippen LogP contribution in [0.5, 0.6) is 0 Å². The molecule has 1 aliphatic heterocycles. The lowest BCUT2D eigenvalue weighted by Crippen LogP contribution is -2.31. The molecule has 0 unspecified atom stereocenters. The van der Waals surface area contributed by atoms with Crippen LogP contribution in [0.3, 0.4) is 0 Å². The van der Waals surface area contributed by atoms with Crippen LogP contribution in [0.2, 0.25) is 0 Å². The number of nitrogens with one attached hydrogen (secondary N) is 2. The molecule has 0 radical (unpaired) electrons. The van der Waals surface area contributed by atoms with Crippen LogP contribution in [0, 0.1) is 6.92 Å². The average Bonchev–Trinajstić information content (AvgIpc) is 3.44. The SMILES string of the molecule is Cc1ccc(NC(=O)c2ccc3c(c2)S(=O)(=O)N(C2CC2)C3=O)cc1NS(C)(=O)=O. The van der Waals surface area contributed by atoms with Gasteiger partial charge in [0, 0.05) is 17.3 Å². The van der Waals surface area contributed by atoms with Crippen molar-refractivity contribution in [2.45, 2.75) is 30.7 Å². The lowest BCUT2D eigenvalue weighted by molar-refractivity contribution is 0.0864. The van der Waals surface area contributed by atoms with E-state index in [1.807, 2.05) is 0 Å². The van der Waals surface area contributed by atoms with E-state index in [0.717, 1.165) is 10.6 Å². The van der Waals surface area contributed by atoms with Gasteiger partial charge in [-0.1, -0.05) is 6.07 Å². The standard InChI is InChI=1S/C19H19N3O6S2/c1-11-3-5-13(10-16(11)21-29(2,25)26)20-18(23)12-4-8-15-17(9-12)30(27,28)22(19(15)24)14-6-7-14/h3-5,8-10,14,21H,6-7H2,1-2H3,(H,20,23). The van der Waals surface area contributed by atoms with Crippen LogP contribution in [0.15, 0.2) is 41.3 Å². The van der Waals surface area contributed by atoms with Gasteiger partial charge in [-0.3, -0.25) is 14.3 Å². The summed E-state index contributed by atoms with van der Waals surface area (Å²) in [4.78, 5) is 24.9. The monoisotopic (exact) mass is 449 g/mol. The highest BCUT2D eigenvalue weighted by Crippen LogP contribution is 2.39. The molecule has 0 spiro atoms.